The standard InChI is InChI=1S/C15H19NO2/c1-11-10-15(17,7-8-16(11)2)14-9-12-5-3-4-6-13(12)18-14/h3-6,9,11,17H,7-8,10H2,1-2H3. The molecule has 3 rings (SSSR count). The van der Waals surface area contributed by atoms with Crippen LogP contribution in [-0.2, 0) is 5.60 Å². The van der Waals surface area contributed by atoms with E-state index in [4.69, 9.17) is 4.42 Å². The molecule has 2 unspecified atom stereocenters. The summed E-state index contributed by atoms with van der Waals surface area (Å²) in [6, 6.07) is 10.3. The third kappa shape index (κ3) is 1.84. The molecule has 1 fully saturated rings. The van der Waals surface area contributed by atoms with Crippen LogP contribution in [0.25, 0.3) is 11.0 Å². The zero-order chi connectivity index (χ0) is 12.8. The molecule has 0 bridgehead atoms. The largest absolute Gasteiger partial charge is 0.458 e. The van der Waals surface area contributed by atoms with Gasteiger partial charge in [-0.25, -0.2) is 0 Å². The van der Waals surface area contributed by atoms with Crippen molar-refractivity contribution in [1.82, 2.24) is 4.90 Å². The molecule has 2 aromatic rings. The molecule has 1 N–H and O–H groups in total. The van der Waals surface area contributed by atoms with Gasteiger partial charge in [0.15, 0.2) is 0 Å². The Morgan fingerprint density at radius 2 is 2.17 bits per heavy atom. The molecule has 1 aromatic carbocycles. The fourth-order valence-corrected chi connectivity index (χ4v) is 2.76. The van der Waals surface area contributed by atoms with E-state index in [1.54, 1.807) is 0 Å². The maximum atomic E-state index is 10.8. The lowest BCUT2D eigenvalue weighted by Gasteiger charge is -2.39. The topological polar surface area (TPSA) is 36.6 Å². The average molecular weight is 245 g/mol. The first-order chi connectivity index (χ1) is 8.58. The predicted molar refractivity (Wildman–Crippen MR) is 71.4 cm³/mol. The molecule has 2 heterocycles. The van der Waals surface area contributed by atoms with Gasteiger partial charge in [-0.2, -0.15) is 0 Å². The van der Waals surface area contributed by atoms with Crippen LogP contribution in [0.1, 0.15) is 25.5 Å². The first-order valence-electron chi connectivity index (χ1n) is 6.50. The minimum atomic E-state index is -0.815. The molecule has 0 amide bonds. The van der Waals surface area contributed by atoms with Crippen LogP contribution >= 0.6 is 0 Å². The van der Waals surface area contributed by atoms with Gasteiger partial charge in [-0.1, -0.05) is 18.2 Å². The van der Waals surface area contributed by atoms with E-state index in [-0.39, 0.29) is 0 Å². The second-order valence-electron chi connectivity index (χ2n) is 5.46. The van der Waals surface area contributed by atoms with Crippen molar-refractivity contribution in [2.24, 2.45) is 0 Å². The number of fused-ring (bicyclic) bond motifs is 1. The molecular weight excluding hydrogens is 226 g/mol. The van der Waals surface area contributed by atoms with Crippen molar-refractivity contribution < 1.29 is 9.52 Å². The quantitative estimate of drug-likeness (QED) is 0.839. The number of para-hydroxylation sites is 1. The Hall–Kier alpha value is -1.32. The molecule has 18 heavy (non-hydrogen) atoms. The van der Waals surface area contributed by atoms with Crippen LogP contribution in [0, 0.1) is 0 Å². The molecule has 0 spiro atoms. The van der Waals surface area contributed by atoms with Crippen molar-refractivity contribution in [3.63, 3.8) is 0 Å². The Labute approximate surface area is 107 Å². The van der Waals surface area contributed by atoms with Gasteiger partial charge in [-0.15, -0.1) is 0 Å². The van der Waals surface area contributed by atoms with Gasteiger partial charge in [0.05, 0.1) is 0 Å². The number of aliphatic hydroxyl groups is 1. The number of rotatable bonds is 1. The monoisotopic (exact) mass is 245 g/mol. The molecule has 96 valence electrons. The summed E-state index contributed by atoms with van der Waals surface area (Å²) in [7, 11) is 2.10. The van der Waals surface area contributed by atoms with Gasteiger partial charge in [0, 0.05) is 18.0 Å². The molecular formula is C15H19NO2. The zero-order valence-corrected chi connectivity index (χ0v) is 10.9. The van der Waals surface area contributed by atoms with E-state index in [1.165, 1.54) is 0 Å². The minimum absolute atomic E-state index is 0.372. The Kier molecular flexibility index (Phi) is 2.68. The van der Waals surface area contributed by atoms with Crippen molar-refractivity contribution >= 4 is 11.0 Å². The molecule has 0 radical (unpaired) electrons. The highest BCUT2D eigenvalue weighted by Crippen LogP contribution is 2.37. The summed E-state index contributed by atoms with van der Waals surface area (Å²) < 4.78 is 5.83. The van der Waals surface area contributed by atoms with Crippen LogP contribution < -0.4 is 0 Å². The summed E-state index contributed by atoms with van der Waals surface area (Å²) in [5.41, 5.74) is 0.0396. The van der Waals surface area contributed by atoms with E-state index in [2.05, 4.69) is 18.9 Å². The zero-order valence-electron chi connectivity index (χ0n) is 10.9. The highest BCUT2D eigenvalue weighted by molar-refractivity contribution is 5.77. The summed E-state index contributed by atoms with van der Waals surface area (Å²) in [6.45, 7) is 3.04. The van der Waals surface area contributed by atoms with Gasteiger partial charge in [0.1, 0.15) is 16.9 Å². The first kappa shape index (κ1) is 11.8. The average Bonchev–Trinajstić information content (AvgIpc) is 2.79. The fraction of sp³-hybridized carbons (Fsp3) is 0.467. The van der Waals surface area contributed by atoms with E-state index in [0.29, 0.717) is 11.8 Å². The lowest BCUT2D eigenvalue weighted by atomic mass is 9.85. The molecule has 1 aliphatic rings. The van der Waals surface area contributed by atoms with Crippen LogP contribution in [0.4, 0.5) is 0 Å². The molecule has 1 aliphatic heterocycles. The normalized spacial score (nSPS) is 29.8. The smallest absolute Gasteiger partial charge is 0.137 e. The maximum absolute atomic E-state index is 10.8. The molecule has 1 saturated heterocycles. The Balaban J connectivity index is 1.98. The number of nitrogens with zero attached hydrogens (tertiary/aromatic N) is 1. The second kappa shape index (κ2) is 4.11. The van der Waals surface area contributed by atoms with E-state index in [0.717, 1.165) is 30.4 Å². The number of furan rings is 1. The summed E-state index contributed by atoms with van der Waals surface area (Å²) in [6.07, 6.45) is 1.46. The summed E-state index contributed by atoms with van der Waals surface area (Å²) >= 11 is 0. The summed E-state index contributed by atoms with van der Waals surface area (Å²) in [4.78, 5) is 2.27. The Morgan fingerprint density at radius 1 is 1.39 bits per heavy atom. The third-order valence-electron chi connectivity index (χ3n) is 4.15. The van der Waals surface area contributed by atoms with Crippen molar-refractivity contribution in [3.05, 3.63) is 36.1 Å². The van der Waals surface area contributed by atoms with Gasteiger partial charge < -0.3 is 14.4 Å². The van der Waals surface area contributed by atoms with Crippen LogP contribution in [0.15, 0.2) is 34.7 Å². The van der Waals surface area contributed by atoms with Crippen LogP contribution in [0.2, 0.25) is 0 Å². The molecule has 3 nitrogen and oxygen atoms in total. The van der Waals surface area contributed by atoms with Crippen molar-refractivity contribution in [2.75, 3.05) is 13.6 Å². The second-order valence-corrected chi connectivity index (χ2v) is 5.46. The number of piperidine rings is 1. The number of benzene rings is 1. The van der Waals surface area contributed by atoms with Crippen molar-refractivity contribution in [3.8, 4) is 0 Å². The highest BCUT2D eigenvalue weighted by atomic mass is 16.4. The van der Waals surface area contributed by atoms with E-state index < -0.39 is 5.60 Å². The minimum Gasteiger partial charge on any atom is -0.458 e. The van der Waals surface area contributed by atoms with E-state index >= 15 is 0 Å². The van der Waals surface area contributed by atoms with Crippen molar-refractivity contribution in [2.45, 2.75) is 31.4 Å². The molecule has 2 atom stereocenters. The first-order valence-corrected chi connectivity index (χ1v) is 6.50. The molecule has 0 saturated carbocycles. The van der Waals surface area contributed by atoms with Gasteiger partial charge in [0.2, 0.25) is 0 Å². The Bertz CT molecular complexity index is 529. The van der Waals surface area contributed by atoms with Crippen LogP contribution in [-0.4, -0.2) is 29.6 Å². The molecule has 0 aliphatic carbocycles. The molecule has 1 aromatic heterocycles. The summed E-state index contributed by atoms with van der Waals surface area (Å²) in [5, 5.41) is 11.9. The Morgan fingerprint density at radius 3 is 2.89 bits per heavy atom. The maximum Gasteiger partial charge on any atom is 0.137 e. The fourth-order valence-electron chi connectivity index (χ4n) is 2.76. The van der Waals surface area contributed by atoms with Gasteiger partial charge in [0.25, 0.3) is 0 Å². The van der Waals surface area contributed by atoms with Gasteiger partial charge >= 0.3 is 0 Å². The lowest BCUT2D eigenvalue weighted by Crippen LogP contribution is -2.45. The van der Waals surface area contributed by atoms with Crippen LogP contribution in [0.3, 0.4) is 0 Å². The third-order valence-corrected chi connectivity index (χ3v) is 4.15. The highest BCUT2D eigenvalue weighted by Gasteiger charge is 2.39. The summed E-state index contributed by atoms with van der Waals surface area (Å²) in [5.74, 6) is 0.712. The van der Waals surface area contributed by atoms with E-state index in [9.17, 15) is 5.11 Å². The molecule has 3 heteroatoms. The van der Waals surface area contributed by atoms with Gasteiger partial charge in [-0.3, -0.25) is 0 Å². The SMILES string of the molecule is CC1CC(O)(c2cc3ccccc3o2)CCN1C. The number of hydrogen-bond donors (Lipinski definition) is 1. The van der Waals surface area contributed by atoms with E-state index in [1.807, 2.05) is 30.3 Å². The van der Waals surface area contributed by atoms with Gasteiger partial charge in [-0.05, 0) is 38.9 Å². The predicted octanol–water partition coefficient (Wildman–Crippen LogP) is 2.73. The number of likely N-dealkylation sites (tertiary alicyclic amines) is 1. The van der Waals surface area contributed by atoms with Crippen molar-refractivity contribution in [1.29, 1.82) is 0 Å². The number of hydrogen-bond acceptors (Lipinski definition) is 3. The lowest BCUT2D eigenvalue weighted by molar-refractivity contribution is -0.0549. The van der Waals surface area contributed by atoms with Crippen LogP contribution in [0.5, 0.6) is 0 Å².